The molecule has 3 N–H and O–H groups in total. The summed E-state index contributed by atoms with van der Waals surface area (Å²) < 4.78 is 22.9. The molecule has 0 aromatic heterocycles. The third-order valence-corrected chi connectivity index (χ3v) is 12.1. The van der Waals surface area contributed by atoms with Gasteiger partial charge < -0.3 is 34.3 Å². The number of rotatable bonds is 4. The average Bonchev–Trinajstić information content (AvgIpc) is 3.45. The van der Waals surface area contributed by atoms with Crippen LogP contribution in [0.15, 0.2) is 11.6 Å². The first-order valence-electron chi connectivity index (χ1n) is 14.8. The molecule has 2 aliphatic heterocycles. The number of aliphatic hydroxyl groups excluding tert-OH is 2. The zero-order valence-corrected chi connectivity index (χ0v) is 23.5. The maximum atomic E-state index is 14.1. The van der Waals surface area contributed by atoms with Crippen molar-refractivity contribution in [1.82, 2.24) is 0 Å². The number of cyclic esters (lactones) is 1. The van der Waals surface area contributed by atoms with E-state index in [2.05, 4.69) is 6.92 Å². The van der Waals surface area contributed by atoms with Crippen LogP contribution in [0.5, 0.6) is 0 Å². The van der Waals surface area contributed by atoms with Gasteiger partial charge >= 0.3 is 5.97 Å². The lowest BCUT2D eigenvalue weighted by molar-refractivity contribution is -0.274. The lowest BCUT2D eigenvalue weighted by atomic mass is 9.42. The van der Waals surface area contributed by atoms with E-state index in [0.29, 0.717) is 19.3 Å². The molecule has 13 atom stereocenters. The summed E-state index contributed by atoms with van der Waals surface area (Å²) in [5.74, 6) is -1.24. The van der Waals surface area contributed by atoms with Crippen molar-refractivity contribution in [3.63, 3.8) is 0 Å². The summed E-state index contributed by atoms with van der Waals surface area (Å²) in [6.45, 7) is 6.02. The Bertz CT molecular complexity index is 1040. The van der Waals surface area contributed by atoms with Gasteiger partial charge in [-0.3, -0.25) is 4.79 Å². The second-order valence-corrected chi connectivity index (χ2v) is 13.6. The molecule has 0 radical (unpaired) electrons. The van der Waals surface area contributed by atoms with Gasteiger partial charge in [0.25, 0.3) is 0 Å². The van der Waals surface area contributed by atoms with Crippen LogP contribution in [0.4, 0.5) is 0 Å². The van der Waals surface area contributed by atoms with Gasteiger partial charge in [-0.2, -0.15) is 0 Å². The van der Waals surface area contributed by atoms with Gasteiger partial charge in [-0.25, -0.2) is 4.79 Å². The van der Waals surface area contributed by atoms with Crippen molar-refractivity contribution in [2.75, 3.05) is 13.7 Å². The largest absolute Gasteiger partial charge is 0.458 e. The van der Waals surface area contributed by atoms with Crippen LogP contribution in [0, 0.1) is 34.5 Å². The quantitative estimate of drug-likeness (QED) is 0.358. The Morgan fingerprint density at radius 1 is 1.05 bits per heavy atom. The minimum absolute atomic E-state index is 0.0238. The molecule has 0 amide bonds. The van der Waals surface area contributed by atoms with Crippen molar-refractivity contribution < 1.29 is 43.9 Å². The van der Waals surface area contributed by atoms with Gasteiger partial charge in [-0.15, -0.1) is 0 Å². The highest BCUT2D eigenvalue weighted by atomic mass is 16.7. The standard InChI is InChI=1S/C30H44O9/c1-15-25(32)21(36-4)13-23(38-15)39-18-7-9-28(2)17(12-18)5-6-20-24(28)26(33)27(34)29(3)19(8-10-30(20,29)35)16-11-22(31)37-14-16/h11,15,17-21,23-25,27,32,34-35H,5-10,12-14H2,1-4H3/t15-,17?,18+,19?,20?,21+,23+,24?,25-,27-,28+,29?,30+/m1/s1. The number of fused-ring (bicyclic) bond motifs is 5. The topological polar surface area (TPSA) is 132 Å². The third-order valence-electron chi connectivity index (χ3n) is 12.1. The predicted molar refractivity (Wildman–Crippen MR) is 138 cm³/mol. The molecule has 0 bridgehead atoms. The van der Waals surface area contributed by atoms with Crippen molar-refractivity contribution in [3.8, 4) is 0 Å². The minimum Gasteiger partial charge on any atom is -0.458 e. The second-order valence-electron chi connectivity index (χ2n) is 13.6. The van der Waals surface area contributed by atoms with Gasteiger partial charge in [0.1, 0.15) is 18.8 Å². The summed E-state index contributed by atoms with van der Waals surface area (Å²) >= 11 is 0. The highest BCUT2D eigenvalue weighted by molar-refractivity contribution is 5.90. The van der Waals surface area contributed by atoms with E-state index in [-0.39, 0.29) is 53.9 Å². The highest BCUT2D eigenvalue weighted by Gasteiger charge is 2.73. The first-order valence-corrected chi connectivity index (χ1v) is 14.8. The molecule has 0 aromatic rings. The molecule has 2 heterocycles. The van der Waals surface area contributed by atoms with E-state index in [4.69, 9.17) is 18.9 Å². The molecule has 1 saturated heterocycles. The number of carbonyl (C=O) groups excluding carboxylic acids is 2. The Morgan fingerprint density at radius 3 is 2.51 bits per heavy atom. The molecule has 4 aliphatic carbocycles. The van der Waals surface area contributed by atoms with Gasteiger partial charge in [-0.05, 0) is 80.6 Å². The maximum absolute atomic E-state index is 14.1. The Morgan fingerprint density at radius 2 is 1.82 bits per heavy atom. The van der Waals surface area contributed by atoms with E-state index in [0.717, 1.165) is 37.7 Å². The Hall–Kier alpha value is -1.36. The van der Waals surface area contributed by atoms with E-state index in [1.54, 1.807) is 7.11 Å². The SMILES string of the molecule is CO[C@H]1C[C@H](O[C@H]2CC[C@@]3(C)C(CCC4C3C(=O)[C@@H](O)C3(C)C(C5=CC(=O)OC5)CC[C@]43O)C2)O[C@H](C)[C@H]1O. The van der Waals surface area contributed by atoms with Crippen LogP contribution >= 0.6 is 0 Å². The molecule has 5 unspecified atom stereocenters. The van der Waals surface area contributed by atoms with Crippen molar-refractivity contribution in [2.45, 2.75) is 115 Å². The van der Waals surface area contributed by atoms with Crippen molar-refractivity contribution >= 4 is 11.8 Å². The number of esters is 1. The van der Waals surface area contributed by atoms with Crippen molar-refractivity contribution in [1.29, 1.82) is 0 Å². The van der Waals surface area contributed by atoms with Gasteiger partial charge in [0.15, 0.2) is 12.1 Å². The third kappa shape index (κ3) is 3.94. The number of hydrogen-bond acceptors (Lipinski definition) is 9. The molecule has 218 valence electrons. The summed E-state index contributed by atoms with van der Waals surface area (Å²) in [5, 5.41) is 34.3. The Labute approximate surface area is 230 Å². The lowest BCUT2D eigenvalue weighted by Gasteiger charge is -2.64. The number of ketones is 1. The van der Waals surface area contributed by atoms with Gasteiger partial charge in [0, 0.05) is 30.9 Å². The fourth-order valence-electron chi connectivity index (χ4n) is 9.82. The van der Waals surface area contributed by atoms with Crippen LogP contribution in [0.3, 0.4) is 0 Å². The number of carbonyl (C=O) groups is 2. The van der Waals surface area contributed by atoms with Crippen LogP contribution in [0.1, 0.15) is 72.1 Å². The number of aliphatic hydroxyl groups is 3. The first-order chi connectivity index (χ1) is 18.4. The zero-order valence-electron chi connectivity index (χ0n) is 23.5. The van der Waals surface area contributed by atoms with E-state index in [1.807, 2.05) is 13.8 Å². The highest BCUT2D eigenvalue weighted by Crippen LogP contribution is 2.69. The molecule has 6 rings (SSSR count). The smallest absolute Gasteiger partial charge is 0.331 e. The normalized spacial score (nSPS) is 53.5. The van der Waals surface area contributed by atoms with Gasteiger partial charge in [-0.1, -0.05) is 13.8 Å². The first kappa shape index (κ1) is 27.8. The molecular formula is C30H44O9. The monoisotopic (exact) mass is 548 g/mol. The molecule has 9 heteroatoms. The molecule has 6 aliphatic rings. The summed E-state index contributed by atoms with van der Waals surface area (Å²) in [4.78, 5) is 25.9. The molecule has 4 saturated carbocycles. The summed E-state index contributed by atoms with van der Waals surface area (Å²) in [7, 11) is 1.59. The van der Waals surface area contributed by atoms with E-state index >= 15 is 0 Å². The molecule has 9 nitrogen and oxygen atoms in total. The van der Waals surface area contributed by atoms with Crippen LogP contribution in [0.25, 0.3) is 0 Å². The number of hydrogen-bond donors (Lipinski definition) is 3. The van der Waals surface area contributed by atoms with E-state index in [1.165, 1.54) is 6.08 Å². The lowest BCUT2D eigenvalue weighted by Crippen LogP contribution is -2.70. The zero-order chi connectivity index (χ0) is 27.9. The van der Waals surface area contributed by atoms with Gasteiger partial charge in [0.05, 0.1) is 23.9 Å². The molecule has 39 heavy (non-hydrogen) atoms. The van der Waals surface area contributed by atoms with Crippen LogP contribution in [0.2, 0.25) is 0 Å². The average molecular weight is 549 g/mol. The number of ether oxygens (including phenoxy) is 4. The van der Waals surface area contributed by atoms with Crippen LogP contribution in [-0.4, -0.2) is 83.2 Å². The number of methoxy groups -OCH3 is 1. The van der Waals surface area contributed by atoms with Gasteiger partial charge in [0.2, 0.25) is 0 Å². The Kier molecular flexibility index (Phi) is 6.84. The van der Waals surface area contributed by atoms with Crippen LogP contribution < -0.4 is 0 Å². The second kappa shape index (κ2) is 9.60. The maximum Gasteiger partial charge on any atom is 0.331 e. The summed E-state index contributed by atoms with van der Waals surface area (Å²) in [6, 6.07) is 0. The molecule has 0 spiro atoms. The van der Waals surface area contributed by atoms with Crippen molar-refractivity contribution in [2.24, 2.45) is 34.5 Å². The van der Waals surface area contributed by atoms with E-state index < -0.39 is 41.4 Å². The van der Waals surface area contributed by atoms with Crippen LogP contribution in [-0.2, 0) is 28.5 Å². The fraction of sp³-hybridized carbons (Fsp3) is 0.867. The molecule has 0 aromatic carbocycles. The fourth-order valence-corrected chi connectivity index (χ4v) is 9.82. The predicted octanol–water partition coefficient (Wildman–Crippen LogP) is 2.29. The minimum atomic E-state index is -1.30. The number of Topliss-reactive ketones (excluding diaryl/α,β-unsaturated/α-hetero) is 1. The molecule has 5 fully saturated rings. The van der Waals surface area contributed by atoms with E-state index in [9.17, 15) is 24.9 Å². The Balaban J connectivity index is 1.21. The molecular weight excluding hydrogens is 504 g/mol. The summed E-state index contributed by atoms with van der Waals surface area (Å²) in [6.07, 6.45) is 3.83. The summed E-state index contributed by atoms with van der Waals surface area (Å²) in [5.41, 5.74) is -1.80. The van der Waals surface area contributed by atoms with Crippen molar-refractivity contribution in [3.05, 3.63) is 11.6 Å².